The van der Waals surface area contributed by atoms with Gasteiger partial charge in [0, 0.05) is 29.7 Å². The van der Waals surface area contributed by atoms with Gasteiger partial charge in [-0.05, 0) is 29.8 Å². The Balaban J connectivity index is 1.69. The summed E-state index contributed by atoms with van der Waals surface area (Å²) < 4.78 is 0.932. The molecule has 1 aliphatic heterocycles. The zero-order valence-corrected chi connectivity index (χ0v) is 15.2. The fourth-order valence-electron chi connectivity index (χ4n) is 2.72. The van der Waals surface area contributed by atoms with Gasteiger partial charge in [-0.25, -0.2) is 0 Å². The predicted molar refractivity (Wildman–Crippen MR) is 98.0 cm³/mol. The van der Waals surface area contributed by atoms with Gasteiger partial charge in [0.1, 0.15) is 0 Å². The van der Waals surface area contributed by atoms with Crippen LogP contribution in [-0.2, 0) is 16.1 Å². The normalized spacial score (nSPS) is 20.2. The topological polar surface area (TPSA) is 49.4 Å². The summed E-state index contributed by atoms with van der Waals surface area (Å²) in [5.74, 6) is -0.824. The molecule has 1 unspecified atom stereocenters. The van der Waals surface area contributed by atoms with Crippen LogP contribution in [0.15, 0.2) is 59.1 Å². The lowest BCUT2D eigenvalue weighted by Crippen LogP contribution is -2.48. The third kappa shape index (κ3) is 3.32. The highest BCUT2D eigenvalue weighted by Crippen LogP contribution is 2.33. The number of para-hydroxylation sites is 1. The number of benzene rings is 2. The molecule has 4 nitrogen and oxygen atoms in total. The second kappa shape index (κ2) is 6.95. The van der Waals surface area contributed by atoms with Crippen LogP contribution in [0.4, 0.5) is 5.69 Å². The highest BCUT2D eigenvalue weighted by atomic mass is 79.9. The Labute approximate surface area is 153 Å². The Bertz CT molecular complexity index is 769. The smallest absolute Gasteiger partial charge is 0.257 e. The molecule has 1 N–H and O–H groups in total. The number of hydrogen-bond donors (Lipinski definition) is 1. The first-order valence-corrected chi connectivity index (χ1v) is 8.76. The van der Waals surface area contributed by atoms with Gasteiger partial charge in [-0.3, -0.25) is 9.59 Å². The van der Waals surface area contributed by atoms with Crippen molar-refractivity contribution in [2.45, 2.75) is 17.8 Å². The van der Waals surface area contributed by atoms with Crippen LogP contribution in [0, 0.1) is 0 Å². The first-order chi connectivity index (χ1) is 11.5. The van der Waals surface area contributed by atoms with Gasteiger partial charge in [0.2, 0.25) is 4.87 Å². The van der Waals surface area contributed by atoms with E-state index in [0.717, 1.165) is 15.7 Å². The fraction of sp³-hybridized carbons (Fsp3) is 0.222. The first-order valence-electron chi connectivity index (χ1n) is 7.59. The number of carbonyl (C=O) groups is 2. The van der Waals surface area contributed by atoms with Crippen molar-refractivity contribution in [3.63, 3.8) is 0 Å². The third-order valence-electron chi connectivity index (χ3n) is 4.03. The zero-order chi connectivity index (χ0) is 17.2. The highest BCUT2D eigenvalue weighted by molar-refractivity contribution is 9.10. The molecule has 0 aromatic heterocycles. The molecule has 0 spiro atoms. The second-order valence-electron chi connectivity index (χ2n) is 5.66. The van der Waals surface area contributed by atoms with Crippen molar-refractivity contribution in [1.29, 1.82) is 0 Å². The van der Waals surface area contributed by atoms with Gasteiger partial charge in [-0.1, -0.05) is 57.9 Å². The van der Waals surface area contributed by atoms with Crippen LogP contribution < -0.4 is 10.2 Å². The van der Waals surface area contributed by atoms with Crippen molar-refractivity contribution in [1.82, 2.24) is 5.32 Å². The number of rotatable bonds is 4. The van der Waals surface area contributed by atoms with Crippen LogP contribution in [0.3, 0.4) is 0 Å². The molecule has 1 saturated heterocycles. The van der Waals surface area contributed by atoms with Crippen molar-refractivity contribution >= 4 is 45.0 Å². The Morgan fingerprint density at radius 1 is 1.21 bits per heavy atom. The van der Waals surface area contributed by atoms with E-state index in [0.29, 0.717) is 13.1 Å². The molecule has 124 valence electrons. The number of nitrogens with one attached hydrogen (secondary N) is 1. The number of carbonyl (C=O) groups excluding carboxylic acids is 2. The summed E-state index contributed by atoms with van der Waals surface area (Å²) in [6, 6.07) is 16.9. The van der Waals surface area contributed by atoms with Crippen molar-refractivity contribution < 1.29 is 9.59 Å². The third-order valence-corrected chi connectivity index (χ3v) is 5.05. The van der Waals surface area contributed by atoms with Crippen LogP contribution in [-0.4, -0.2) is 23.2 Å². The average molecular weight is 408 g/mol. The summed E-state index contributed by atoms with van der Waals surface area (Å²) in [6.45, 7) is 0.752. The molecule has 24 heavy (non-hydrogen) atoms. The van der Waals surface area contributed by atoms with Crippen LogP contribution in [0.2, 0.25) is 0 Å². The molecule has 3 rings (SSSR count). The number of amides is 2. The maximum atomic E-state index is 12.7. The minimum absolute atomic E-state index is 0.284. The van der Waals surface area contributed by atoms with Crippen molar-refractivity contribution in [2.24, 2.45) is 0 Å². The molecule has 0 bridgehead atoms. The lowest BCUT2D eigenvalue weighted by Gasteiger charge is -2.21. The van der Waals surface area contributed by atoms with Gasteiger partial charge in [0.05, 0.1) is 0 Å². The summed E-state index contributed by atoms with van der Waals surface area (Å²) in [6.07, 6.45) is 0.284. The van der Waals surface area contributed by atoms with Gasteiger partial charge < -0.3 is 10.2 Å². The first kappa shape index (κ1) is 17.0. The quantitative estimate of drug-likeness (QED) is 0.623. The van der Waals surface area contributed by atoms with Gasteiger partial charge >= 0.3 is 0 Å². The Kier molecular flexibility index (Phi) is 4.92. The minimum atomic E-state index is -1.54. The molecule has 1 heterocycles. The monoisotopic (exact) mass is 406 g/mol. The van der Waals surface area contributed by atoms with Crippen LogP contribution in [0.25, 0.3) is 0 Å². The van der Waals surface area contributed by atoms with Crippen LogP contribution in [0.5, 0.6) is 0 Å². The van der Waals surface area contributed by atoms with Gasteiger partial charge in [0.15, 0.2) is 0 Å². The molecule has 1 fully saturated rings. The van der Waals surface area contributed by atoms with Crippen molar-refractivity contribution in [3.8, 4) is 0 Å². The highest BCUT2D eigenvalue weighted by Gasteiger charge is 2.51. The number of anilines is 1. The predicted octanol–water partition coefficient (Wildman–Crippen LogP) is 3.48. The van der Waals surface area contributed by atoms with E-state index in [2.05, 4.69) is 21.2 Å². The standard InChI is InChI=1S/C18H16BrClN2O2/c19-14-6-4-5-13(11-14)12-21-16(23)18(20)9-10-22(17(18)24)15-7-2-1-3-8-15/h1-8,11H,9-10,12H2,(H,21,23). The van der Waals surface area contributed by atoms with E-state index in [1.54, 1.807) is 4.90 Å². The second-order valence-corrected chi connectivity index (χ2v) is 7.22. The van der Waals surface area contributed by atoms with Gasteiger partial charge in [-0.2, -0.15) is 0 Å². The summed E-state index contributed by atoms with van der Waals surface area (Å²) >= 11 is 9.79. The summed E-state index contributed by atoms with van der Waals surface area (Å²) in [7, 11) is 0. The maximum Gasteiger partial charge on any atom is 0.257 e. The van der Waals surface area contributed by atoms with Crippen LogP contribution in [0.1, 0.15) is 12.0 Å². The number of halogens is 2. The molecule has 0 radical (unpaired) electrons. The minimum Gasteiger partial charge on any atom is -0.350 e. The molecular weight excluding hydrogens is 392 g/mol. The summed E-state index contributed by atoms with van der Waals surface area (Å²) in [4.78, 5) is 25.2. The van der Waals surface area contributed by atoms with E-state index in [4.69, 9.17) is 11.6 Å². The largest absolute Gasteiger partial charge is 0.350 e. The molecule has 6 heteroatoms. The number of hydrogen-bond acceptors (Lipinski definition) is 2. The number of nitrogens with zero attached hydrogens (tertiary/aromatic N) is 1. The lowest BCUT2D eigenvalue weighted by molar-refractivity contribution is -0.130. The molecule has 1 aliphatic rings. The lowest BCUT2D eigenvalue weighted by atomic mass is 10.1. The van der Waals surface area contributed by atoms with E-state index in [1.165, 1.54) is 0 Å². The van der Waals surface area contributed by atoms with Gasteiger partial charge in [-0.15, -0.1) is 0 Å². The van der Waals surface area contributed by atoms with Gasteiger partial charge in [0.25, 0.3) is 11.8 Å². The zero-order valence-electron chi connectivity index (χ0n) is 12.8. The maximum absolute atomic E-state index is 12.7. The number of alkyl halides is 1. The van der Waals surface area contributed by atoms with Crippen molar-refractivity contribution in [2.75, 3.05) is 11.4 Å². The summed E-state index contributed by atoms with van der Waals surface area (Å²) in [5.41, 5.74) is 1.69. The van der Waals surface area contributed by atoms with Crippen molar-refractivity contribution in [3.05, 3.63) is 64.6 Å². The molecule has 2 amide bonds. The molecular formula is C18H16BrClN2O2. The van der Waals surface area contributed by atoms with Crippen LogP contribution >= 0.6 is 27.5 Å². The van der Waals surface area contributed by atoms with E-state index in [1.807, 2.05) is 54.6 Å². The van der Waals surface area contributed by atoms with E-state index < -0.39 is 10.8 Å². The average Bonchev–Trinajstić information content (AvgIpc) is 2.90. The SMILES string of the molecule is O=C(NCc1cccc(Br)c1)C1(Cl)CCN(c2ccccc2)C1=O. The summed E-state index contributed by atoms with van der Waals surface area (Å²) in [5, 5.41) is 2.77. The molecule has 2 aromatic carbocycles. The molecule has 0 saturated carbocycles. The molecule has 2 aromatic rings. The Morgan fingerprint density at radius 2 is 1.96 bits per heavy atom. The Morgan fingerprint density at radius 3 is 2.67 bits per heavy atom. The van der Waals surface area contributed by atoms with E-state index in [-0.39, 0.29) is 12.3 Å². The Hall–Kier alpha value is -1.85. The fourth-order valence-corrected chi connectivity index (χ4v) is 3.42. The molecule has 0 aliphatic carbocycles. The molecule has 1 atom stereocenters. The van der Waals surface area contributed by atoms with E-state index >= 15 is 0 Å². The van der Waals surface area contributed by atoms with E-state index in [9.17, 15) is 9.59 Å².